The maximum atomic E-state index is 3.69. The molecule has 0 spiro atoms. The monoisotopic (exact) mass is 245 g/mol. The van der Waals surface area contributed by atoms with Crippen LogP contribution in [0, 0.1) is 0 Å². The molecule has 3 heterocycles. The molecule has 0 amide bonds. The Morgan fingerprint density at radius 1 is 1.17 bits per heavy atom. The van der Waals surface area contributed by atoms with Crippen molar-refractivity contribution in [2.24, 2.45) is 0 Å². The minimum Gasteiger partial charge on any atom is -0.309 e. The Labute approximate surface area is 110 Å². The van der Waals surface area contributed by atoms with E-state index in [2.05, 4.69) is 52.4 Å². The summed E-state index contributed by atoms with van der Waals surface area (Å²) in [5.41, 5.74) is 1.43. The third-order valence-electron chi connectivity index (χ3n) is 4.29. The highest BCUT2D eigenvalue weighted by atomic mass is 15.4. The summed E-state index contributed by atoms with van der Waals surface area (Å²) >= 11 is 0. The SMILES string of the molecule is CCNC(c1ccccc1)C1CN2CCN1CC2. The summed E-state index contributed by atoms with van der Waals surface area (Å²) in [6.07, 6.45) is 0. The van der Waals surface area contributed by atoms with Gasteiger partial charge in [-0.25, -0.2) is 0 Å². The first kappa shape index (κ1) is 12.2. The number of nitrogens with zero attached hydrogens (tertiary/aromatic N) is 2. The fourth-order valence-electron chi connectivity index (χ4n) is 3.33. The van der Waals surface area contributed by atoms with Crippen LogP contribution < -0.4 is 5.32 Å². The standard InChI is InChI=1S/C15H23N3/c1-2-16-15(13-6-4-3-5-7-13)14-12-17-8-10-18(14)11-9-17/h3-7,14-16H,2,8-12H2,1H3. The molecule has 0 aliphatic carbocycles. The quantitative estimate of drug-likeness (QED) is 0.863. The van der Waals surface area contributed by atoms with Gasteiger partial charge in [0.2, 0.25) is 0 Å². The zero-order valence-corrected chi connectivity index (χ0v) is 11.2. The van der Waals surface area contributed by atoms with E-state index in [1.54, 1.807) is 0 Å². The highest BCUT2D eigenvalue weighted by Gasteiger charge is 2.36. The minimum absolute atomic E-state index is 0.472. The van der Waals surface area contributed by atoms with Crippen LogP contribution in [-0.2, 0) is 0 Å². The largest absolute Gasteiger partial charge is 0.309 e. The highest BCUT2D eigenvalue weighted by Crippen LogP contribution is 2.27. The van der Waals surface area contributed by atoms with E-state index in [4.69, 9.17) is 0 Å². The van der Waals surface area contributed by atoms with Crippen LogP contribution in [0.1, 0.15) is 18.5 Å². The molecule has 0 aromatic heterocycles. The Morgan fingerprint density at radius 3 is 2.44 bits per heavy atom. The van der Waals surface area contributed by atoms with Gasteiger partial charge in [-0.15, -0.1) is 0 Å². The van der Waals surface area contributed by atoms with Crippen LogP contribution in [-0.4, -0.2) is 55.1 Å². The third-order valence-corrected chi connectivity index (χ3v) is 4.29. The van der Waals surface area contributed by atoms with Gasteiger partial charge < -0.3 is 5.32 Å². The molecule has 3 aliphatic rings. The van der Waals surface area contributed by atoms with Gasteiger partial charge in [0.15, 0.2) is 0 Å². The zero-order chi connectivity index (χ0) is 12.4. The highest BCUT2D eigenvalue weighted by molar-refractivity contribution is 5.21. The van der Waals surface area contributed by atoms with Crippen molar-refractivity contribution in [1.29, 1.82) is 0 Å². The molecule has 0 radical (unpaired) electrons. The molecule has 2 unspecified atom stereocenters. The van der Waals surface area contributed by atoms with Crippen molar-refractivity contribution in [2.75, 3.05) is 39.3 Å². The lowest BCUT2D eigenvalue weighted by atomic mass is 9.94. The molecule has 98 valence electrons. The van der Waals surface area contributed by atoms with E-state index in [-0.39, 0.29) is 0 Å². The van der Waals surface area contributed by atoms with E-state index in [9.17, 15) is 0 Å². The fraction of sp³-hybridized carbons (Fsp3) is 0.600. The molecule has 3 nitrogen and oxygen atoms in total. The van der Waals surface area contributed by atoms with E-state index >= 15 is 0 Å². The van der Waals surface area contributed by atoms with Crippen molar-refractivity contribution < 1.29 is 0 Å². The number of likely N-dealkylation sites (N-methyl/N-ethyl adjacent to an activating group) is 1. The number of benzene rings is 1. The summed E-state index contributed by atoms with van der Waals surface area (Å²) in [6.45, 7) is 9.43. The van der Waals surface area contributed by atoms with Crippen LogP contribution in [0.5, 0.6) is 0 Å². The lowest BCUT2D eigenvalue weighted by Crippen LogP contribution is -2.63. The van der Waals surface area contributed by atoms with E-state index < -0.39 is 0 Å². The number of nitrogens with one attached hydrogen (secondary N) is 1. The Morgan fingerprint density at radius 2 is 1.89 bits per heavy atom. The number of hydrogen-bond acceptors (Lipinski definition) is 3. The lowest BCUT2D eigenvalue weighted by Gasteiger charge is -2.50. The Balaban J connectivity index is 1.81. The van der Waals surface area contributed by atoms with E-state index in [1.807, 2.05) is 0 Å². The van der Waals surface area contributed by atoms with Crippen LogP contribution in [0.25, 0.3) is 0 Å². The average Bonchev–Trinajstić information content (AvgIpc) is 2.47. The zero-order valence-electron chi connectivity index (χ0n) is 11.2. The maximum absolute atomic E-state index is 3.69. The van der Waals surface area contributed by atoms with Gasteiger partial charge in [-0.2, -0.15) is 0 Å². The smallest absolute Gasteiger partial charge is 0.0490 e. The Kier molecular flexibility index (Phi) is 3.64. The average molecular weight is 245 g/mol. The molecule has 1 aromatic carbocycles. The number of rotatable bonds is 4. The van der Waals surface area contributed by atoms with Gasteiger partial charge in [0.25, 0.3) is 0 Å². The van der Waals surface area contributed by atoms with Crippen LogP contribution >= 0.6 is 0 Å². The first-order valence-electron chi connectivity index (χ1n) is 7.13. The van der Waals surface area contributed by atoms with Crippen molar-refractivity contribution >= 4 is 0 Å². The summed E-state index contributed by atoms with van der Waals surface area (Å²) in [5, 5.41) is 3.69. The molecular weight excluding hydrogens is 222 g/mol. The lowest BCUT2D eigenvalue weighted by molar-refractivity contribution is -0.00343. The number of hydrogen-bond donors (Lipinski definition) is 1. The second-order valence-electron chi connectivity index (χ2n) is 5.35. The van der Waals surface area contributed by atoms with E-state index in [1.165, 1.54) is 38.3 Å². The van der Waals surface area contributed by atoms with Gasteiger partial charge in [0.1, 0.15) is 0 Å². The normalized spacial score (nSPS) is 32.4. The molecule has 18 heavy (non-hydrogen) atoms. The first-order chi connectivity index (χ1) is 8.88. The Bertz CT molecular complexity index is 371. The van der Waals surface area contributed by atoms with E-state index in [0.29, 0.717) is 12.1 Å². The van der Waals surface area contributed by atoms with Gasteiger partial charge in [-0.05, 0) is 12.1 Å². The van der Waals surface area contributed by atoms with Crippen LogP contribution in [0.3, 0.4) is 0 Å². The second-order valence-corrected chi connectivity index (χ2v) is 5.35. The van der Waals surface area contributed by atoms with Crippen molar-refractivity contribution in [3.63, 3.8) is 0 Å². The molecule has 3 saturated heterocycles. The molecule has 0 saturated carbocycles. The summed E-state index contributed by atoms with van der Waals surface area (Å²) < 4.78 is 0. The van der Waals surface area contributed by atoms with Gasteiger partial charge in [0.05, 0.1) is 0 Å². The number of piperazine rings is 3. The molecule has 2 bridgehead atoms. The van der Waals surface area contributed by atoms with Gasteiger partial charge in [0, 0.05) is 44.8 Å². The summed E-state index contributed by atoms with van der Waals surface area (Å²) in [6, 6.07) is 12.0. The molecule has 3 heteroatoms. The van der Waals surface area contributed by atoms with Crippen LogP contribution in [0.2, 0.25) is 0 Å². The van der Waals surface area contributed by atoms with E-state index in [0.717, 1.165) is 6.54 Å². The van der Waals surface area contributed by atoms with Crippen molar-refractivity contribution in [1.82, 2.24) is 15.1 Å². The van der Waals surface area contributed by atoms with Gasteiger partial charge in [-0.3, -0.25) is 9.80 Å². The molecule has 2 atom stereocenters. The van der Waals surface area contributed by atoms with Crippen molar-refractivity contribution in [3.8, 4) is 0 Å². The molecule has 1 aromatic rings. The number of fused-ring (bicyclic) bond motifs is 3. The molecule has 4 rings (SSSR count). The molecular formula is C15H23N3. The van der Waals surface area contributed by atoms with Crippen LogP contribution in [0.15, 0.2) is 30.3 Å². The summed E-state index contributed by atoms with van der Waals surface area (Å²) in [4.78, 5) is 5.28. The predicted octanol–water partition coefficient (Wildman–Crippen LogP) is 1.34. The predicted molar refractivity (Wildman–Crippen MR) is 74.7 cm³/mol. The molecule has 3 aliphatic heterocycles. The Hall–Kier alpha value is -0.900. The topological polar surface area (TPSA) is 18.5 Å². The summed E-state index contributed by atoms with van der Waals surface area (Å²) in [7, 11) is 0. The van der Waals surface area contributed by atoms with Crippen LogP contribution in [0.4, 0.5) is 0 Å². The van der Waals surface area contributed by atoms with Crippen molar-refractivity contribution in [3.05, 3.63) is 35.9 Å². The van der Waals surface area contributed by atoms with Crippen molar-refractivity contribution in [2.45, 2.75) is 19.0 Å². The second kappa shape index (κ2) is 5.39. The molecule has 3 fully saturated rings. The van der Waals surface area contributed by atoms with Gasteiger partial charge in [-0.1, -0.05) is 37.3 Å². The van der Waals surface area contributed by atoms with Gasteiger partial charge >= 0.3 is 0 Å². The first-order valence-corrected chi connectivity index (χ1v) is 7.13. The molecule has 1 N–H and O–H groups in total. The minimum atomic E-state index is 0.472. The maximum Gasteiger partial charge on any atom is 0.0490 e. The third kappa shape index (κ3) is 2.30. The fourth-order valence-corrected chi connectivity index (χ4v) is 3.33. The summed E-state index contributed by atoms with van der Waals surface area (Å²) in [5.74, 6) is 0.